The second kappa shape index (κ2) is 2.73. The fourth-order valence-corrected chi connectivity index (χ4v) is 1.92. The first kappa shape index (κ1) is 7.12. The molecule has 1 heterocycles. The van der Waals surface area contributed by atoms with E-state index >= 15 is 0 Å². The Morgan fingerprint density at radius 1 is 1.67 bits per heavy atom. The van der Waals surface area contributed by atoms with Crippen LogP contribution in [0.3, 0.4) is 0 Å². The van der Waals surface area contributed by atoms with E-state index in [9.17, 15) is 0 Å². The van der Waals surface area contributed by atoms with Gasteiger partial charge in [-0.25, -0.2) is 0 Å². The van der Waals surface area contributed by atoms with Crippen LogP contribution in [0.25, 0.3) is 0 Å². The molecule has 9 heavy (non-hydrogen) atoms. The molecule has 0 spiro atoms. The van der Waals surface area contributed by atoms with Crippen molar-refractivity contribution in [1.82, 2.24) is 4.98 Å². The molecule has 0 fully saturated rings. The molecule has 0 unspecified atom stereocenters. The Labute approximate surface area is 69.0 Å². The molecule has 0 atom stereocenters. The van der Waals surface area contributed by atoms with Gasteiger partial charge in [0, 0.05) is 6.20 Å². The van der Waals surface area contributed by atoms with Crippen LogP contribution >= 0.6 is 22.6 Å². The molecule has 1 nitrogen and oxygen atoms in total. The van der Waals surface area contributed by atoms with E-state index < -0.39 is 0 Å². The highest BCUT2D eigenvalue weighted by atomic mass is 127. The normalized spacial score (nSPS) is 10.1. The molecule has 1 rings (SSSR count). The summed E-state index contributed by atoms with van der Waals surface area (Å²) in [5, 5.41) is 0. The first-order valence-corrected chi connectivity index (χ1v) is 4.16. The predicted octanol–water partition coefficient (Wildman–Crippen LogP) is 2.49. The van der Waals surface area contributed by atoms with E-state index in [0.717, 1.165) is 6.42 Å². The predicted molar refractivity (Wildman–Crippen MR) is 47.6 cm³/mol. The molecule has 0 radical (unpaired) electrons. The lowest BCUT2D eigenvalue weighted by molar-refractivity contribution is 1.11. The molecule has 0 saturated carbocycles. The van der Waals surface area contributed by atoms with Gasteiger partial charge >= 0.3 is 0 Å². The van der Waals surface area contributed by atoms with Crippen molar-refractivity contribution in [2.45, 2.75) is 20.3 Å². The summed E-state index contributed by atoms with van der Waals surface area (Å²) in [6, 6.07) is 0. The van der Waals surface area contributed by atoms with Crippen molar-refractivity contribution in [3.63, 3.8) is 0 Å². The molecule has 1 aromatic heterocycles. The zero-order valence-electron chi connectivity index (χ0n) is 5.66. The Bertz CT molecular complexity index is 183. The summed E-state index contributed by atoms with van der Waals surface area (Å²) in [4.78, 5) is 3.17. The van der Waals surface area contributed by atoms with E-state index in [-0.39, 0.29) is 0 Å². The van der Waals surface area contributed by atoms with Crippen molar-refractivity contribution in [3.8, 4) is 0 Å². The number of hydrogen-bond acceptors (Lipinski definition) is 0. The summed E-state index contributed by atoms with van der Waals surface area (Å²) in [6.07, 6.45) is 3.19. The van der Waals surface area contributed by atoms with E-state index in [1.165, 1.54) is 14.8 Å². The van der Waals surface area contributed by atoms with Crippen LogP contribution in [0.2, 0.25) is 0 Å². The quantitative estimate of drug-likeness (QED) is 0.720. The van der Waals surface area contributed by atoms with Crippen molar-refractivity contribution >= 4 is 22.6 Å². The number of aryl methyl sites for hydroxylation is 1. The van der Waals surface area contributed by atoms with Gasteiger partial charge in [-0.15, -0.1) is 0 Å². The molecule has 0 bridgehead atoms. The number of H-pyrrole nitrogens is 1. The van der Waals surface area contributed by atoms with Crippen molar-refractivity contribution in [1.29, 1.82) is 0 Å². The highest BCUT2D eigenvalue weighted by Crippen LogP contribution is 2.14. The van der Waals surface area contributed by atoms with E-state index in [1.807, 2.05) is 0 Å². The van der Waals surface area contributed by atoms with Crippen molar-refractivity contribution in [2.75, 3.05) is 0 Å². The van der Waals surface area contributed by atoms with Gasteiger partial charge in [-0.3, -0.25) is 0 Å². The van der Waals surface area contributed by atoms with Crippen molar-refractivity contribution < 1.29 is 0 Å². The van der Waals surface area contributed by atoms with E-state index in [0.29, 0.717) is 0 Å². The lowest BCUT2D eigenvalue weighted by Crippen LogP contribution is -1.81. The molecule has 0 aliphatic rings. The number of rotatable bonds is 1. The minimum atomic E-state index is 1.13. The van der Waals surface area contributed by atoms with Crippen LogP contribution in [0.1, 0.15) is 18.1 Å². The minimum absolute atomic E-state index is 1.13. The fraction of sp³-hybridized carbons (Fsp3) is 0.429. The molecule has 0 aliphatic heterocycles. The summed E-state index contributed by atoms with van der Waals surface area (Å²) in [6.45, 7) is 4.32. The molecular formula is C7H10IN. The summed E-state index contributed by atoms with van der Waals surface area (Å²) in [7, 11) is 0. The first-order valence-electron chi connectivity index (χ1n) is 3.08. The molecule has 0 aliphatic carbocycles. The van der Waals surface area contributed by atoms with Crippen molar-refractivity contribution in [3.05, 3.63) is 21.0 Å². The monoisotopic (exact) mass is 235 g/mol. The Kier molecular flexibility index (Phi) is 2.16. The van der Waals surface area contributed by atoms with Crippen LogP contribution in [0.5, 0.6) is 0 Å². The molecule has 0 amide bonds. The number of hydrogen-bond donors (Lipinski definition) is 1. The third-order valence-electron chi connectivity index (χ3n) is 1.51. The van der Waals surface area contributed by atoms with Crippen LogP contribution in [-0.4, -0.2) is 4.98 Å². The van der Waals surface area contributed by atoms with Crippen LogP contribution in [0, 0.1) is 10.6 Å². The zero-order chi connectivity index (χ0) is 6.85. The second-order valence-electron chi connectivity index (χ2n) is 2.12. The SMILES string of the molecule is CCc1c(C)c[nH]c1I. The van der Waals surface area contributed by atoms with Gasteiger partial charge in [0.1, 0.15) is 0 Å². The summed E-state index contributed by atoms with van der Waals surface area (Å²) < 4.78 is 1.28. The van der Waals surface area contributed by atoms with Gasteiger partial charge in [0.25, 0.3) is 0 Å². The maximum Gasteiger partial charge on any atom is 0.0806 e. The number of nitrogens with one attached hydrogen (secondary N) is 1. The van der Waals surface area contributed by atoms with E-state index in [2.05, 4.69) is 47.6 Å². The minimum Gasteiger partial charge on any atom is -0.356 e. The van der Waals surface area contributed by atoms with Gasteiger partial charge in [-0.1, -0.05) is 6.92 Å². The average molecular weight is 235 g/mol. The van der Waals surface area contributed by atoms with Crippen LogP contribution in [0.15, 0.2) is 6.20 Å². The Balaban J connectivity index is 3.07. The number of halogens is 1. The van der Waals surface area contributed by atoms with E-state index in [4.69, 9.17) is 0 Å². The highest BCUT2D eigenvalue weighted by molar-refractivity contribution is 14.1. The summed E-state index contributed by atoms with van der Waals surface area (Å²) in [5.74, 6) is 0. The average Bonchev–Trinajstić information content (AvgIpc) is 2.12. The lowest BCUT2D eigenvalue weighted by atomic mass is 10.2. The van der Waals surface area contributed by atoms with Gasteiger partial charge in [-0.2, -0.15) is 0 Å². The lowest BCUT2D eigenvalue weighted by Gasteiger charge is -1.92. The molecular weight excluding hydrogens is 225 g/mol. The number of aromatic amines is 1. The fourth-order valence-electron chi connectivity index (χ4n) is 0.953. The first-order chi connectivity index (χ1) is 4.25. The van der Waals surface area contributed by atoms with Gasteiger partial charge in [0.15, 0.2) is 0 Å². The molecule has 50 valence electrons. The molecule has 0 aromatic carbocycles. The summed E-state index contributed by atoms with van der Waals surface area (Å²) in [5.41, 5.74) is 2.83. The largest absolute Gasteiger partial charge is 0.356 e. The Hall–Kier alpha value is 0.01000. The molecule has 1 N–H and O–H groups in total. The zero-order valence-corrected chi connectivity index (χ0v) is 7.82. The molecule has 0 saturated heterocycles. The maximum absolute atomic E-state index is 3.17. The maximum atomic E-state index is 3.17. The summed E-state index contributed by atoms with van der Waals surface area (Å²) >= 11 is 2.33. The standard InChI is InChI=1S/C7H10IN/c1-3-6-5(2)4-9-7(6)8/h4,9H,3H2,1-2H3. The van der Waals surface area contributed by atoms with Crippen molar-refractivity contribution in [2.24, 2.45) is 0 Å². The third-order valence-corrected chi connectivity index (χ3v) is 2.47. The number of aromatic nitrogens is 1. The highest BCUT2D eigenvalue weighted by Gasteiger charge is 2.00. The van der Waals surface area contributed by atoms with Gasteiger partial charge in [0.05, 0.1) is 3.70 Å². The van der Waals surface area contributed by atoms with Gasteiger partial charge < -0.3 is 4.98 Å². The van der Waals surface area contributed by atoms with Crippen LogP contribution in [0.4, 0.5) is 0 Å². The topological polar surface area (TPSA) is 15.8 Å². The third kappa shape index (κ3) is 1.28. The van der Waals surface area contributed by atoms with Crippen LogP contribution < -0.4 is 0 Å². The van der Waals surface area contributed by atoms with Gasteiger partial charge in [0.2, 0.25) is 0 Å². The Morgan fingerprint density at radius 3 is 2.56 bits per heavy atom. The molecule has 2 heteroatoms. The Morgan fingerprint density at radius 2 is 2.33 bits per heavy atom. The van der Waals surface area contributed by atoms with Gasteiger partial charge in [-0.05, 0) is 47.1 Å². The molecule has 1 aromatic rings. The smallest absolute Gasteiger partial charge is 0.0806 e. The van der Waals surface area contributed by atoms with E-state index in [1.54, 1.807) is 0 Å². The second-order valence-corrected chi connectivity index (χ2v) is 3.20. The van der Waals surface area contributed by atoms with Crippen LogP contribution in [-0.2, 0) is 6.42 Å².